The number of carbonyl (C=O) groups is 2. The molecule has 0 saturated heterocycles. The Bertz CT molecular complexity index is 1020. The Labute approximate surface area is 197 Å². The van der Waals surface area contributed by atoms with Crippen LogP contribution in [-0.4, -0.2) is 29.3 Å². The largest absolute Gasteiger partial charge is 0.354 e. The Morgan fingerprint density at radius 2 is 1.48 bits per heavy atom. The van der Waals surface area contributed by atoms with Gasteiger partial charge in [0.25, 0.3) is 0 Å². The van der Waals surface area contributed by atoms with Crippen LogP contribution in [0.5, 0.6) is 0 Å². The van der Waals surface area contributed by atoms with Crippen molar-refractivity contribution in [2.45, 2.75) is 52.1 Å². The lowest BCUT2D eigenvalue weighted by Crippen LogP contribution is -2.50. The van der Waals surface area contributed by atoms with E-state index in [1.807, 2.05) is 92.7 Å². The Balaban J connectivity index is 1.88. The van der Waals surface area contributed by atoms with Gasteiger partial charge < -0.3 is 10.2 Å². The standard InChI is InChI=1S/C29H34N2O2/c1-3-19-30-29(33)27(21-25-14-8-5-9-15-25)31(22-26-16-10-11-23(2)20-26)28(32)18-17-24-12-6-4-7-13-24/h4-16,20,27H,3,17-19,21-22H2,1-2H3,(H,30,33)/t27-/m1/s1. The number of aryl methyl sites for hydroxylation is 2. The van der Waals surface area contributed by atoms with E-state index in [-0.39, 0.29) is 11.8 Å². The van der Waals surface area contributed by atoms with Crippen molar-refractivity contribution in [3.05, 3.63) is 107 Å². The van der Waals surface area contributed by atoms with E-state index in [2.05, 4.69) is 11.4 Å². The number of amides is 2. The van der Waals surface area contributed by atoms with E-state index in [1.165, 1.54) is 0 Å². The zero-order valence-corrected chi connectivity index (χ0v) is 19.7. The second-order valence-electron chi connectivity index (χ2n) is 8.49. The molecule has 172 valence electrons. The zero-order valence-electron chi connectivity index (χ0n) is 19.7. The summed E-state index contributed by atoms with van der Waals surface area (Å²) in [7, 11) is 0. The maximum absolute atomic E-state index is 13.6. The molecule has 0 aliphatic carbocycles. The van der Waals surface area contributed by atoms with Crippen LogP contribution in [0.1, 0.15) is 42.0 Å². The summed E-state index contributed by atoms with van der Waals surface area (Å²) in [5.41, 5.74) is 4.33. The Hall–Kier alpha value is -3.40. The SMILES string of the molecule is CCCNC(=O)[C@@H](Cc1ccccc1)N(Cc1cccc(C)c1)C(=O)CCc1ccccc1. The minimum atomic E-state index is -0.567. The van der Waals surface area contributed by atoms with Crippen LogP contribution in [0.4, 0.5) is 0 Å². The van der Waals surface area contributed by atoms with Gasteiger partial charge in [0.05, 0.1) is 0 Å². The molecule has 4 heteroatoms. The average molecular weight is 443 g/mol. The van der Waals surface area contributed by atoms with Crippen molar-refractivity contribution in [1.82, 2.24) is 10.2 Å². The molecule has 0 saturated carbocycles. The first kappa shape index (κ1) is 24.2. The molecule has 1 N–H and O–H groups in total. The topological polar surface area (TPSA) is 49.4 Å². The monoisotopic (exact) mass is 442 g/mol. The molecule has 3 aromatic rings. The van der Waals surface area contributed by atoms with Gasteiger partial charge in [0.1, 0.15) is 6.04 Å². The molecule has 2 amide bonds. The fourth-order valence-corrected chi connectivity index (χ4v) is 3.97. The van der Waals surface area contributed by atoms with Crippen molar-refractivity contribution >= 4 is 11.8 Å². The van der Waals surface area contributed by atoms with E-state index in [0.29, 0.717) is 32.4 Å². The van der Waals surface area contributed by atoms with Crippen LogP contribution in [0.2, 0.25) is 0 Å². The number of nitrogens with zero attached hydrogens (tertiary/aromatic N) is 1. The van der Waals surface area contributed by atoms with Crippen molar-refractivity contribution in [1.29, 1.82) is 0 Å². The minimum absolute atomic E-state index is 0.00654. The number of hydrogen-bond donors (Lipinski definition) is 1. The summed E-state index contributed by atoms with van der Waals surface area (Å²) < 4.78 is 0. The van der Waals surface area contributed by atoms with Gasteiger partial charge in [0.15, 0.2) is 0 Å². The second-order valence-corrected chi connectivity index (χ2v) is 8.49. The van der Waals surface area contributed by atoms with Crippen LogP contribution in [0.25, 0.3) is 0 Å². The molecular formula is C29H34N2O2. The van der Waals surface area contributed by atoms with Crippen LogP contribution >= 0.6 is 0 Å². The fraction of sp³-hybridized carbons (Fsp3) is 0.310. The minimum Gasteiger partial charge on any atom is -0.354 e. The summed E-state index contributed by atoms with van der Waals surface area (Å²) >= 11 is 0. The molecule has 0 bridgehead atoms. The number of nitrogens with one attached hydrogen (secondary N) is 1. The molecule has 1 atom stereocenters. The molecule has 3 rings (SSSR count). The van der Waals surface area contributed by atoms with Gasteiger partial charge >= 0.3 is 0 Å². The van der Waals surface area contributed by atoms with Crippen LogP contribution in [0, 0.1) is 6.92 Å². The van der Waals surface area contributed by atoms with Gasteiger partial charge in [-0.3, -0.25) is 9.59 Å². The molecule has 0 aromatic heterocycles. The Morgan fingerprint density at radius 1 is 0.848 bits per heavy atom. The highest BCUT2D eigenvalue weighted by Gasteiger charge is 2.30. The smallest absolute Gasteiger partial charge is 0.243 e. The molecule has 0 aliphatic heterocycles. The summed E-state index contributed by atoms with van der Waals surface area (Å²) in [5.74, 6) is -0.102. The van der Waals surface area contributed by atoms with Gasteiger partial charge in [-0.25, -0.2) is 0 Å². The van der Waals surface area contributed by atoms with Crippen molar-refractivity contribution in [2.75, 3.05) is 6.54 Å². The third-order valence-corrected chi connectivity index (χ3v) is 5.73. The normalized spacial score (nSPS) is 11.6. The third-order valence-electron chi connectivity index (χ3n) is 5.73. The van der Waals surface area contributed by atoms with E-state index < -0.39 is 6.04 Å². The Morgan fingerprint density at radius 3 is 2.12 bits per heavy atom. The van der Waals surface area contributed by atoms with Crippen LogP contribution in [-0.2, 0) is 29.0 Å². The summed E-state index contributed by atoms with van der Waals surface area (Å²) in [6, 6.07) is 27.5. The van der Waals surface area contributed by atoms with Crippen LogP contribution in [0.15, 0.2) is 84.9 Å². The lowest BCUT2D eigenvalue weighted by Gasteiger charge is -2.32. The van der Waals surface area contributed by atoms with Gasteiger partial charge in [0.2, 0.25) is 11.8 Å². The predicted octanol–water partition coefficient (Wildman–Crippen LogP) is 5.09. The summed E-state index contributed by atoms with van der Waals surface area (Å²) in [5, 5.41) is 3.03. The number of benzene rings is 3. The molecule has 0 radical (unpaired) electrons. The van der Waals surface area contributed by atoms with Gasteiger partial charge in [0, 0.05) is 25.9 Å². The lowest BCUT2D eigenvalue weighted by atomic mass is 10.0. The molecular weight excluding hydrogens is 408 g/mol. The number of carbonyl (C=O) groups excluding carboxylic acids is 2. The van der Waals surface area contributed by atoms with Crippen molar-refractivity contribution in [2.24, 2.45) is 0 Å². The van der Waals surface area contributed by atoms with E-state index >= 15 is 0 Å². The van der Waals surface area contributed by atoms with E-state index in [0.717, 1.165) is 28.7 Å². The molecule has 0 fully saturated rings. The van der Waals surface area contributed by atoms with Gasteiger partial charge in [-0.1, -0.05) is 97.4 Å². The van der Waals surface area contributed by atoms with E-state index in [9.17, 15) is 9.59 Å². The van der Waals surface area contributed by atoms with Gasteiger partial charge in [-0.15, -0.1) is 0 Å². The highest BCUT2D eigenvalue weighted by Crippen LogP contribution is 2.17. The fourth-order valence-electron chi connectivity index (χ4n) is 3.97. The van der Waals surface area contributed by atoms with Gasteiger partial charge in [-0.2, -0.15) is 0 Å². The van der Waals surface area contributed by atoms with Crippen molar-refractivity contribution < 1.29 is 9.59 Å². The predicted molar refractivity (Wildman–Crippen MR) is 134 cm³/mol. The quantitative estimate of drug-likeness (QED) is 0.449. The second kappa shape index (κ2) is 12.6. The maximum Gasteiger partial charge on any atom is 0.243 e. The number of hydrogen-bond acceptors (Lipinski definition) is 2. The molecule has 33 heavy (non-hydrogen) atoms. The molecule has 4 nitrogen and oxygen atoms in total. The molecule has 0 unspecified atom stereocenters. The molecule has 0 aliphatic rings. The third kappa shape index (κ3) is 7.60. The van der Waals surface area contributed by atoms with Gasteiger partial charge in [-0.05, 0) is 36.5 Å². The van der Waals surface area contributed by atoms with E-state index in [1.54, 1.807) is 4.90 Å². The lowest BCUT2D eigenvalue weighted by molar-refractivity contribution is -0.141. The summed E-state index contributed by atoms with van der Waals surface area (Å²) in [6.45, 7) is 5.08. The summed E-state index contributed by atoms with van der Waals surface area (Å²) in [4.78, 5) is 28.6. The van der Waals surface area contributed by atoms with Crippen LogP contribution in [0.3, 0.4) is 0 Å². The Kier molecular flexibility index (Phi) is 9.25. The molecule has 0 heterocycles. The van der Waals surface area contributed by atoms with E-state index in [4.69, 9.17) is 0 Å². The van der Waals surface area contributed by atoms with Crippen LogP contribution < -0.4 is 5.32 Å². The summed E-state index contributed by atoms with van der Waals surface area (Å²) in [6.07, 6.45) is 2.35. The van der Waals surface area contributed by atoms with Crippen molar-refractivity contribution in [3.63, 3.8) is 0 Å². The first-order valence-corrected chi connectivity index (χ1v) is 11.8. The molecule has 3 aromatic carbocycles. The number of rotatable bonds is 11. The first-order chi connectivity index (χ1) is 16.1. The zero-order chi connectivity index (χ0) is 23.5. The first-order valence-electron chi connectivity index (χ1n) is 11.8. The molecule has 0 spiro atoms. The maximum atomic E-state index is 13.6. The highest BCUT2D eigenvalue weighted by atomic mass is 16.2. The van der Waals surface area contributed by atoms with Crippen molar-refractivity contribution in [3.8, 4) is 0 Å². The average Bonchev–Trinajstić information content (AvgIpc) is 2.84. The highest BCUT2D eigenvalue weighted by molar-refractivity contribution is 5.88.